The van der Waals surface area contributed by atoms with Crippen LogP contribution in [0.5, 0.6) is 17.2 Å². The molecule has 1 aliphatic carbocycles. The van der Waals surface area contributed by atoms with Crippen LogP contribution in [0.2, 0.25) is 0 Å². The van der Waals surface area contributed by atoms with Crippen LogP contribution in [-0.4, -0.2) is 25.2 Å². The molecule has 3 aromatic rings. The molecule has 9 heteroatoms. The average Bonchev–Trinajstić information content (AvgIpc) is 3.44. The molecule has 0 bridgehead atoms. The van der Waals surface area contributed by atoms with E-state index >= 15 is 8.78 Å². The Hall–Kier alpha value is -3.88. The van der Waals surface area contributed by atoms with E-state index in [1.54, 1.807) is 12.1 Å². The van der Waals surface area contributed by atoms with E-state index in [0.29, 0.717) is 5.76 Å². The number of carbonyl (C=O) groups excluding carboxylic acids is 1. The quantitative estimate of drug-likeness (QED) is 0.438. The van der Waals surface area contributed by atoms with Crippen molar-refractivity contribution >= 4 is 11.5 Å². The van der Waals surface area contributed by atoms with Gasteiger partial charge in [0.15, 0.2) is 23.3 Å². The second-order valence-corrected chi connectivity index (χ2v) is 8.17. The third-order valence-corrected chi connectivity index (χ3v) is 6.22. The van der Waals surface area contributed by atoms with Crippen molar-refractivity contribution in [2.24, 2.45) is 0 Å². The molecule has 184 valence electrons. The van der Waals surface area contributed by atoms with Crippen LogP contribution in [0.15, 0.2) is 58.7 Å². The predicted octanol–water partition coefficient (Wildman–Crippen LogP) is 5.51. The summed E-state index contributed by atoms with van der Waals surface area (Å²) in [6, 6.07) is 9.04. The number of ether oxygens (including phenoxy) is 2. The monoisotopic (exact) mass is 487 g/mol. The van der Waals surface area contributed by atoms with Crippen LogP contribution in [0.1, 0.15) is 42.0 Å². The first-order chi connectivity index (χ1) is 16.7. The van der Waals surface area contributed by atoms with Gasteiger partial charge in [-0.15, -0.1) is 0 Å². The van der Waals surface area contributed by atoms with E-state index in [1.807, 2.05) is 0 Å². The highest BCUT2D eigenvalue weighted by molar-refractivity contribution is 5.93. The summed E-state index contributed by atoms with van der Waals surface area (Å²) in [6.45, 7) is 1.50. The van der Waals surface area contributed by atoms with Gasteiger partial charge in [0.2, 0.25) is 11.7 Å². The van der Waals surface area contributed by atoms with E-state index in [2.05, 4.69) is 5.32 Å². The number of furan rings is 1. The van der Waals surface area contributed by atoms with Gasteiger partial charge in [0, 0.05) is 5.56 Å². The molecule has 0 aliphatic heterocycles. The molecule has 0 spiro atoms. The molecule has 2 N–H and O–H groups in total. The summed E-state index contributed by atoms with van der Waals surface area (Å²) in [7, 11) is 2.55. The Bertz CT molecular complexity index is 1260. The number of phenols is 1. The Morgan fingerprint density at radius 2 is 1.86 bits per heavy atom. The van der Waals surface area contributed by atoms with Crippen LogP contribution in [0.25, 0.3) is 5.57 Å². The van der Waals surface area contributed by atoms with Gasteiger partial charge in [-0.25, -0.2) is 13.2 Å². The highest BCUT2D eigenvalue weighted by Gasteiger charge is 2.51. The van der Waals surface area contributed by atoms with Crippen LogP contribution in [-0.2, 0) is 17.0 Å². The lowest BCUT2D eigenvalue weighted by atomic mass is 9.84. The molecule has 2 atom stereocenters. The first-order valence-electron chi connectivity index (χ1n) is 10.8. The SMILES string of the molecule is COc1cc(C(F)C2(F)C(C)=C(CC(=O)NCc3ccco3)c3cc(F)ccc32)cc(OC)c1O. The molecule has 1 heterocycles. The van der Waals surface area contributed by atoms with Crippen LogP contribution in [0, 0.1) is 5.82 Å². The van der Waals surface area contributed by atoms with E-state index in [1.165, 1.54) is 45.6 Å². The maximum atomic E-state index is 16.7. The zero-order valence-electron chi connectivity index (χ0n) is 19.3. The van der Waals surface area contributed by atoms with Crippen molar-refractivity contribution in [3.05, 3.63) is 82.6 Å². The molecule has 0 fully saturated rings. The molecule has 4 rings (SSSR count). The zero-order valence-corrected chi connectivity index (χ0v) is 19.3. The lowest BCUT2D eigenvalue weighted by molar-refractivity contribution is -0.120. The predicted molar refractivity (Wildman–Crippen MR) is 122 cm³/mol. The van der Waals surface area contributed by atoms with Gasteiger partial charge < -0.3 is 24.3 Å². The molecule has 6 nitrogen and oxygen atoms in total. The lowest BCUT2D eigenvalue weighted by Crippen LogP contribution is -2.26. The standard InChI is InChI=1S/C26H24F3NO5/c1-14-18(12-23(31)30-13-17-5-4-8-35-17)19-11-16(27)6-7-20(19)26(14,29)25(28)15-9-21(33-2)24(32)22(10-15)34-3/h4-11,25,32H,12-13H2,1-3H3,(H,30,31). The van der Waals surface area contributed by atoms with E-state index in [9.17, 15) is 14.3 Å². The minimum absolute atomic E-state index is 0.0512. The third kappa shape index (κ3) is 4.22. The van der Waals surface area contributed by atoms with Gasteiger partial charge in [0.1, 0.15) is 11.6 Å². The number of halogens is 3. The van der Waals surface area contributed by atoms with Crippen LogP contribution in [0.4, 0.5) is 13.2 Å². The maximum absolute atomic E-state index is 16.7. The largest absolute Gasteiger partial charge is 0.502 e. The molecule has 0 saturated carbocycles. The minimum Gasteiger partial charge on any atom is -0.502 e. The Morgan fingerprint density at radius 3 is 2.46 bits per heavy atom. The number of nitrogens with one attached hydrogen (secondary N) is 1. The number of allylic oxidation sites excluding steroid dienone is 1. The smallest absolute Gasteiger partial charge is 0.224 e. The number of hydrogen-bond donors (Lipinski definition) is 2. The molecule has 1 aliphatic rings. The fourth-order valence-electron chi connectivity index (χ4n) is 4.37. The zero-order chi connectivity index (χ0) is 25.3. The number of benzene rings is 2. The Kier molecular flexibility index (Phi) is 6.51. The number of methoxy groups -OCH3 is 2. The number of rotatable bonds is 8. The third-order valence-electron chi connectivity index (χ3n) is 6.22. The topological polar surface area (TPSA) is 80.9 Å². The molecule has 1 amide bonds. The van der Waals surface area contributed by atoms with Gasteiger partial charge in [-0.2, -0.15) is 0 Å². The van der Waals surface area contributed by atoms with Crippen molar-refractivity contribution in [3.8, 4) is 17.2 Å². The fraction of sp³-hybridized carbons (Fsp3) is 0.269. The molecule has 0 saturated heterocycles. The lowest BCUT2D eigenvalue weighted by Gasteiger charge is -2.28. The highest BCUT2D eigenvalue weighted by Crippen LogP contribution is 2.57. The minimum atomic E-state index is -2.70. The number of fused-ring (bicyclic) bond motifs is 1. The Morgan fingerprint density at radius 1 is 1.17 bits per heavy atom. The van der Waals surface area contributed by atoms with E-state index < -0.39 is 23.6 Å². The van der Waals surface area contributed by atoms with Crippen molar-refractivity contribution < 1.29 is 37.0 Å². The normalized spacial score (nSPS) is 17.8. The molecule has 2 unspecified atom stereocenters. The number of alkyl halides is 2. The molecule has 1 aromatic heterocycles. The van der Waals surface area contributed by atoms with E-state index in [0.717, 1.165) is 12.1 Å². The number of aromatic hydroxyl groups is 1. The van der Waals surface area contributed by atoms with E-state index in [-0.39, 0.29) is 58.1 Å². The highest BCUT2D eigenvalue weighted by atomic mass is 19.2. The van der Waals surface area contributed by atoms with Crippen molar-refractivity contribution in [2.45, 2.75) is 31.7 Å². The van der Waals surface area contributed by atoms with Gasteiger partial charge in [0.25, 0.3) is 0 Å². The summed E-state index contributed by atoms with van der Waals surface area (Å²) in [5.74, 6) is -1.12. The van der Waals surface area contributed by atoms with Crippen LogP contribution >= 0.6 is 0 Å². The number of hydrogen-bond acceptors (Lipinski definition) is 5. The average molecular weight is 487 g/mol. The molecular formula is C26H24F3NO5. The first kappa shape index (κ1) is 24.3. The van der Waals surface area contributed by atoms with Gasteiger partial charge in [0.05, 0.1) is 33.4 Å². The first-order valence-corrected chi connectivity index (χ1v) is 10.8. The summed E-state index contributed by atoms with van der Waals surface area (Å²) in [6.07, 6.45) is -1.10. The van der Waals surface area contributed by atoms with Crippen LogP contribution in [0.3, 0.4) is 0 Å². The molecule has 35 heavy (non-hydrogen) atoms. The van der Waals surface area contributed by atoms with Gasteiger partial charge in [-0.3, -0.25) is 4.79 Å². The molecule has 2 aromatic carbocycles. The number of phenolic OH excluding ortho intramolecular Hbond substituents is 1. The Balaban J connectivity index is 1.73. The van der Waals surface area contributed by atoms with Crippen molar-refractivity contribution in [1.82, 2.24) is 5.32 Å². The van der Waals surface area contributed by atoms with Crippen molar-refractivity contribution in [2.75, 3.05) is 14.2 Å². The summed E-state index contributed by atoms with van der Waals surface area (Å²) in [4.78, 5) is 12.6. The van der Waals surface area contributed by atoms with Crippen molar-refractivity contribution in [1.29, 1.82) is 0 Å². The van der Waals surface area contributed by atoms with E-state index in [4.69, 9.17) is 13.9 Å². The van der Waals surface area contributed by atoms with Crippen LogP contribution < -0.4 is 14.8 Å². The second-order valence-electron chi connectivity index (χ2n) is 8.17. The summed E-state index contributed by atoms with van der Waals surface area (Å²) in [5, 5.41) is 12.8. The Labute approximate surface area is 200 Å². The summed E-state index contributed by atoms with van der Waals surface area (Å²) < 4.78 is 62.3. The van der Waals surface area contributed by atoms with Gasteiger partial charge in [-0.05, 0) is 65.6 Å². The van der Waals surface area contributed by atoms with Crippen molar-refractivity contribution in [3.63, 3.8) is 0 Å². The van der Waals surface area contributed by atoms with Gasteiger partial charge in [-0.1, -0.05) is 6.07 Å². The maximum Gasteiger partial charge on any atom is 0.224 e. The molecule has 0 radical (unpaired) electrons. The molecular weight excluding hydrogens is 463 g/mol. The summed E-state index contributed by atoms with van der Waals surface area (Å²) >= 11 is 0. The second kappa shape index (κ2) is 9.40. The number of carbonyl (C=O) groups is 1. The number of amides is 1. The fourth-order valence-corrected chi connectivity index (χ4v) is 4.37. The van der Waals surface area contributed by atoms with Gasteiger partial charge >= 0.3 is 0 Å². The summed E-state index contributed by atoms with van der Waals surface area (Å²) in [5.41, 5.74) is -2.68.